The molecule has 0 saturated carbocycles. The maximum Gasteiger partial charge on any atom is 0.240 e. The van der Waals surface area contributed by atoms with Gasteiger partial charge >= 0.3 is 0 Å². The van der Waals surface area contributed by atoms with Crippen molar-refractivity contribution in [3.8, 4) is 0 Å². The van der Waals surface area contributed by atoms with Gasteiger partial charge in [0, 0.05) is 23.3 Å². The first-order chi connectivity index (χ1) is 10.0. The highest BCUT2D eigenvalue weighted by atomic mass is 35.5. The molecule has 2 N–H and O–H groups in total. The van der Waals surface area contributed by atoms with E-state index in [2.05, 4.69) is 9.71 Å². The summed E-state index contributed by atoms with van der Waals surface area (Å²) in [5.41, 5.74) is 1.92. The molecule has 3 rings (SSSR count). The fourth-order valence-corrected chi connectivity index (χ4v) is 3.43. The van der Waals surface area contributed by atoms with E-state index in [1.165, 1.54) is 12.1 Å². The van der Waals surface area contributed by atoms with Crippen LogP contribution in [0.1, 0.15) is 5.56 Å². The normalized spacial score (nSPS) is 11.9. The third kappa shape index (κ3) is 3.10. The molecule has 0 aliphatic carbocycles. The Hall–Kier alpha value is -1.82. The molecule has 2 aromatic carbocycles. The largest absolute Gasteiger partial charge is 0.361 e. The van der Waals surface area contributed by atoms with Crippen molar-refractivity contribution in [2.24, 2.45) is 0 Å². The smallest absolute Gasteiger partial charge is 0.240 e. The van der Waals surface area contributed by atoms with Crippen LogP contribution in [0.3, 0.4) is 0 Å². The first-order valence-corrected chi connectivity index (χ1v) is 8.22. The van der Waals surface area contributed by atoms with Gasteiger partial charge in [0.1, 0.15) is 0 Å². The number of hydrogen-bond donors (Lipinski definition) is 2. The standard InChI is InChI=1S/C15H13ClN2O2S/c16-13-2-1-3-14(9-13)21(19,20)18-10-11-4-5-15-12(8-11)6-7-17-15/h1-9,17-18H,10H2. The van der Waals surface area contributed by atoms with E-state index in [0.717, 1.165) is 16.5 Å². The highest BCUT2D eigenvalue weighted by Crippen LogP contribution is 2.17. The average molecular weight is 321 g/mol. The Bertz CT molecular complexity index is 887. The number of aromatic amines is 1. The zero-order chi connectivity index (χ0) is 14.9. The van der Waals surface area contributed by atoms with Gasteiger partial charge in [0.2, 0.25) is 10.0 Å². The lowest BCUT2D eigenvalue weighted by molar-refractivity contribution is 0.581. The van der Waals surface area contributed by atoms with Crippen LogP contribution in [0.25, 0.3) is 10.9 Å². The Morgan fingerprint density at radius 2 is 1.95 bits per heavy atom. The van der Waals surface area contributed by atoms with Gasteiger partial charge in [-0.3, -0.25) is 0 Å². The van der Waals surface area contributed by atoms with Gasteiger partial charge in [0.15, 0.2) is 0 Å². The number of aromatic nitrogens is 1. The van der Waals surface area contributed by atoms with E-state index in [-0.39, 0.29) is 11.4 Å². The number of benzene rings is 2. The summed E-state index contributed by atoms with van der Waals surface area (Å²) in [7, 11) is -3.56. The highest BCUT2D eigenvalue weighted by molar-refractivity contribution is 7.89. The zero-order valence-electron chi connectivity index (χ0n) is 11.0. The molecule has 0 saturated heterocycles. The van der Waals surface area contributed by atoms with Gasteiger partial charge in [0.25, 0.3) is 0 Å². The monoisotopic (exact) mass is 320 g/mol. The Labute approximate surface area is 127 Å². The Balaban J connectivity index is 1.79. The molecule has 21 heavy (non-hydrogen) atoms. The topological polar surface area (TPSA) is 62.0 Å². The molecule has 108 valence electrons. The second kappa shape index (κ2) is 5.52. The van der Waals surface area contributed by atoms with Crippen LogP contribution in [0.4, 0.5) is 0 Å². The third-order valence-corrected chi connectivity index (χ3v) is 4.82. The second-order valence-corrected chi connectivity index (χ2v) is 6.88. The number of hydrogen-bond acceptors (Lipinski definition) is 2. The third-order valence-electron chi connectivity index (χ3n) is 3.19. The van der Waals surface area contributed by atoms with E-state index >= 15 is 0 Å². The Morgan fingerprint density at radius 3 is 2.76 bits per heavy atom. The van der Waals surface area contributed by atoms with E-state index in [0.29, 0.717) is 5.02 Å². The summed E-state index contributed by atoms with van der Waals surface area (Å²) in [6.07, 6.45) is 1.85. The van der Waals surface area contributed by atoms with Gasteiger partial charge in [-0.2, -0.15) is 0 Å². The first kappa shape index (κ1) is 14.1. The SMILES string of the molecule is O=S(=O)(NCc1ccc2[nH]ccc2c1)c1cccc(Cl)c1. The highest BCUT2D eigenvalue weighted by Gasteiger charge is 2.13. The maximum absolute atomic E-state index is 12.2. The molecule has 6 heteroatoms. The molecule has 0 fully saturated rings. The molecule has 0 unspecified atom stereocenters. The van der Waals surface area contributed by atoms with E-state index in [1.807, 2.05) is 30.5 Å². The number of fused-ring (bicyclic) bond motifs is 1. The Kier molecular flexibility index (Phi) is 3.71. The van der Waals surface area contributed by atoms with Gasteiger partial charge < -0.3 is 4.98 Å². The van der Waals surface area contributed by atoms with E-state index < -0.39 is 10.0 Å². The molecule has 0 bridgehead atoms. The van der Waals surface area contributed by atoms with Crippen molar-refractivity contribution in [3.05, 3.63) is 65.3 Å². The number of halogens is 1. The number of rotatable bonds is 4. The van der Waals surface area contributed by atoms with Crippen molar-refractivity contribution in [1.29, 1.82) is 0 Å². The molecule has 4 nitrogen and oxygen atoms in total. The summed E-state index contributed by atoms with van der Waals surface area (Å²) in [6, 6.07) is 13.9. The van der Waals surface area contributed by atoms with Crippen molar-refractivity contribution in [2.45, 2.75) is 11.4 Å². The molecule has 0 aliphatic heterocycles. The fraction of sp³-hybridized carbons (Fsp3) is 0.0667. The zero-order valence-corrected chi connectivity index (χ0v) is 12.6. The number of sulfonamides is 1. The maximum atomic E-state index is 12.2. The van der Waals surface area contributed by atoms with Crippen LogP contribution < -0.4 is 4.72 Å². The molecule has 0 spiro atoms. The van der Waals surface area contributed by atoms with Crippen molar-refractivity contribution in [1.82, 2.24) is 9.71 Å². The van der Waals surface area contributed by atoms with Crippen molar-refractivity contribution >= 4 is 32.5 Å². The number of H-pyrrole nitrogens is 1. The molecule has 0 aliphatic rings. The van der Waals surface area contributed by atoms with Crippen LogP contribution in [0.5, 0.6) is 0 Å². The molecule has 1 heterocycles. The van der Waals surface area contributed by atoms with Gasteiger partial charge in [-0.25, -0.2) is 13.1 Å². The fourth-order valence-electron chi connectivity index (χ4n) is 2.11. The van der Waals surface area contributed by atoms with Crippen molar-refractivity contribution < 1.29 is 8.42 Å². The summed E-state index contributed by atoms with van der Waals surface area (Å²) in [4.78, 5) is 3.26. The molecular formula is C15H13ClN2O2S. The van der Waals surface area contributed by atoms with Gasteiger partial charge in [0.05, 0.1) is 4.90 Å². The lowest BCUT2D eigenvalue weighted by Crippen LogP contribution is -2.23. The molecular weight excluding hydrogens is 308 g/mol. The minimum Gasteiger partial charge on any atom is -0.361 e. The van der Waals surface area contributed by atoms with Gasteiger partial charge in [-0.1, -0.05) is 23.7 Å². The summed E-state index contributed by atoms with van der Waals surface area (Å²) in [5, 5.41) is 1.45. The lowest BCUT2D eigenvalue weighted by atomic mass is 10.1. The van der Waals surface area contributed by atoms with E-state index in [4.69, 9.17) is 11.6 Å². The minimum absolute atomic E-state index is 0.165. The summed E-state index contributed by atoms with van der Waals surface area (Å²) in [5.74, 6) is 0. The average Bonchev–Trinajstić information content (AvgIpc) is 2.93. The number of nitrogens with one attached hydrogen (secondary N) is 2. The predicted octanol–water partition coefficient (Wildman–Crippen LogP) is 3.30. The van der Waals surface area contributed by atoms with Gasteiger partial charge in [-0.05, 0) is 47.3 Å². The van der Waals surface area contributed by atoms with Gasteiger partial charge in [-0.15, -0.1) is 0 Å². The van der Waals surface area contributed by atoms with E-state index in [1.54, 1.807) is 12.1 Å². The van der Waals surface area contributed by atoms with Crippen molar-refractivity contribution in [3.63, 3.8) is 0 Å². The van der Waals surface area contributed by atoms with Crippen LogP contribution in [-0.2, 0) is 16.6 Å². The van der Waals surface area contributed by atoms with E-state index in [9.17, 15) is 8.42 Å². The van der Waals surface area contributed by atoms with Crippen LogP contribution in [-0.4, -0.2) is 13.4 Å². The first-order valence-electron chi connectivity index (χ1n) is 6.36. The summed E-state index contributed by atoms with van der Waals surface area (Å²) in [6.45, 7) is 0.232. The van der Waals surface area contributed by atoms with Crippen LogP contribution >= 0.6 is 11.6 Å². The lowest BCUT2D eigenvalue weighted by Gasteiger charge is -2.07. The minimum atomic E-state index is -3.56. The summed E-state index contributed by atoms with van der Waals surface area (Å²) >= 11 is 5.83. The summed E-state index contributed by atoms with van der Waals surface area (Å²) < 4.78 is 27.0. The van der Waals surface area contributed by atoms with Crippen LogP contribution in [0.2, 0.25) is 5.02 Å². The molecule has 1 aromatic heterocycles. The second-order valence-electron chi connectivity index (χ2n) is 4.68. The molecule has 0 radical (unpaired) electrons. The quantitative estimate of drug-likeness (QED) is 0.774. The molecule has 0 amide bonds. The molecule has 0 atom stereocenters. The van der Waals surface area contributed by atoms with Crippen LogP contribution in [0.15, 0.2) is 59.6 Å². The van der Waals surface area contributed by atoms with Crippen molar-refractivity contribution in [2.75, 3.05) is 0 Å². The molecule has 3 aromatic rings. The van der Waals surface area contributed by atoms with Crippen LogP contribution in [0, 0.1) is 0 Å². The predicted molar refractivity (Wildman–Crippen MR) is 83.8 cm³/mol. The Morgan fingerprint density at radius 1 is 1.10 bits per heavy atom.